The monoisotopic (exact) mass is 1090 g/mol. The summed E-state index contributed by atoms with van der Waals surface area (Å²) in [6.45, 7) is 8.56. The van der Waals surface area contributed by atoms with Gasteiger partial charge in [-0.2, -0.15) is 0 Å². The Hall–Kier alpha value is -8.09. The molecule has 1 aromatic heterocycles. The van der Waals surface area contributed by atoms with E-state index in [0.29, 0.717) is 5.69 Å². The molecular weight excluding hydrogens is 1020 g/mol. The lowest BCUT2D eigenvalue weighted by Crippen LogP contribution is -2.58. The molecule has 3 aromatic rings. The van der Waals surface area contributed by atoms with Crippen molar-refractivity contribution in [2.75, 3.05) is 26.2 Å². The van der Waals surface area contributed by atoms with E-state index in [9.17, 15) is 67.3 Å². The average molecular weight is 1100 g/mol. The molecule has 11 N–H and O–H groups in total. The number of hydrogen-bond acceptors (Lipinski definition) is 12. The van der Waals surface area contributed by atoms with E-state index in [2.05, 4.69) is 37.2 Å². The molecule has 0 bridgehead atoms. The summed E-state index contributed by atoms with van der Waals surface area (Å²) in [5.41, 5.74) is 5.92. The maximum Gasteiger partial charge on any atom is 0.303 e. The van der Waals surface area contributed by atoms with Crippen LogP contribution in [0.4, 0.5) is 8.78 Å². The molecular formula is C53H72F2N10O13. The van der Waals surface area contributed by atoms with Crippen LogP contribution < -0.4 is 43.0 Å². The van der Waals surface area contributed by atoms with E-state index < -0.39 is 145 Å². The highest BCUT2D eigenvalue weighted by Gasteiger charge is 2.39. The molecule has 2 aromatic carbocycles. The number of aliphatic carboxylic acids is 1. The van der Waals surface area contributed by atoms with E-state index in [-0.39, 0.29) is 62.2 Å². The lowest BCUT2D eigenvalue weighted by Gasteiger charge is -2.41. The third kappa shape index (κ3) is 21.1. The van der Waals surface area contributed by atoms with Gasteiger partial charge in [0.05, 0.1) is 12.5 Å². The summed E-state index contributed by atoms with van der Waals surface area (Å²) >= 11 is 0. The first kappa shape index (κ1) is 64.2. The van der Waals surface area contributed by atoms with Crippen LogP contribution in [0.5, 0.6) is 0 Å². The fourth-order valence-electron chi connectivity index (χ4n) is 8.31. The number of nitrogens with zero attached hydrogens (tertiary/aromatic N) is 2. The largest absolute Gasteiger partial charge is 0.481 e. The number of ketones is 1. The van der Waals surface area contributed by atoms with Crippen LogP contribution in [0.25, 0.3) is 11.1 Å². The Morgan fingerprint density at radius 3 is 1.86 bits per heavy atom. The number of carboxylic acid groups (broad SMARTS) is 1. The van der Waals surface area contributed by atoms with Crippen LogP contribution in [-0.4, -0.2) is 141 Å². The van der Waals surface area contributed by atoms with Crippen molar-refractivity contribution in [1.82, 2.24) is 46.7 Å². The molecule has 0 saturated carbocycles. The minimum Gasteiger partial charge on any atom is -0.481 e. The number of halogens is 2. The number of rotatable bonds is 31. The Morgan fingerprint density at radius 1 is 0.705 bits per heavy atom. The number of hydrogen-bond donors (Lipinski definition) is 10. The molecule has 0 radical (unpaired) electrons. The smallest absolute Gasteiger partial charge is 0.303 e. The molecule has 0 aliphatic heterocycles. The maximum absolute atomic E-state index is 15.4. The van der Waals surface area contributed by atoms with Gasteiger partial charge in [0.25, 0.3) is 0 Å². The second-order valence-electron chi connectivity index (χ2n) is 19.8. The fraction of sp³-hybridized carbons (Fsp3) is 0.491. The quantitative estimate of drug-likeness (QED) is 0.0403. The van der Waals surface area contributed by atoms with E-state index in [0.717, 1.165) is 23.8 Å². The first-order valence-corrected chi connectivity index (χ1v) is 25.2. The van der Waals surface area contributed by atoms with Crippen molar-refractivity contribution < 1.29 is 71.7 Å². The molecule has 23 nitrogen and oxygen atoms in total. The molecule has 3 rings (SSSR count). The first-order chi connectivity index (χ1) is 36.6. The Labute approximate surface area is 450 Å². The second kappa shape index (κ2) is 30.6. The maximum atomic E-state index is 15.4. The minimum absolute atomic E-state index is 0.0815. The molecule has 0 saturated heterocycles. The highest BCUT2D eigenvalue weighted by atomic mass is 19.1. The standard InChI is InChI=1S/C53H72F2N10O13/c1-30(67)12-11-15-44(70)61-39(18-19-46(72)73)50(76)57-21-22-58-51(77)40(62-52(78)41(26-43(56)69)63-49(75)32(3)60-48(74)31(2)59-33(4)68)20-23-65(45(71)29-66)47(53(5,6)7)42-24-35(37-25-36(54)16-17-38(37)55)28-64(42)27-34-13-9-8-10-14-34/h8-10,13-14,16-17,24-25,28,31-32,39-41,47,66H,11-12,15,18-23,26-27,29H2,1-7H3,(H2,56,69)(H,57,76)(H,58,77)(H,59,68)(H,60,74)(H,61,70)(H,62,78)(H,63,75)(H,72,73)/t31-,32+,39+,40-,41-,47-/m0/s1. The van der Waals surface area contributed by atoms with Crippen LogP contribution in [0.1, 0.15) is 111 Å². The summed E-state index contributed by atoms with van der Waals surface area (Å²) < 4.78 is 31.8. The number of carbonyl (C=O) groups excluding carboxylic acids is 10. The predicted molar refractivity (Wildman–Crippen MR) is 279 cm³/mol. The van der Waals surface area contributed by atoms with Crippen molar-refractivity contribution in [3.63, 3.8) is 0 Å². The molecule has 25 heteroatoms. The van der Waals surface area contributed by atoms with E-state index in [4.69, 9.17) is 5.73 Å². The number of aliphatic hydroxyl groups excluding tert-OH is 1. The zero-order chi connectivity index (χ0) is 58.4. The number of amides is 9. The molecule has 0 fully saturated rings. The Balaban J connectivity index is 2.05. The molecule has 0 aliphatic rings. The minimum atomic E-state index is -1.77. The Bertz CT molecular complexity index is 2640. The number of primary amides is 1. The van der Waals surface area contributed by atoms with Gasteiger partial charge in [0.15, 0.2) is 0 Å². The van der Waals surface area contributed by atoms with Gasteiger partial charge in [0.2, 0.25) is 53.2 Å². The molecule has 6 atom stereocenters. The van der Waals surface area contributed by atoms with Crippen molar-refractivity contribution >= 4 is 64.9 Å². The van der Waals surface area contributed by atoms with Crippen molar-refractivity contribution in [3.8, 4) is 11.1 Å². The lowest BCUT2D eigenvalue weighted by molar-refractivity contribution is -0.140. The van der Waals surface area contributed by atoms with Crippen LogP contribution in [0.2, 0.25) is 0 Å². The molecule has 0 unspecified atom stereocenters. The number of carboxylic acids is 1. The average Bonchev–Trinajstić information content (AvgIpc) is 3.78. The fourth-order valence-corrected chi connectivity index (χ4v) is 8.31. The number of aliphatic hydroxyl groups is 1. The summed E-state index contributed by atoms with van der Waals surface area (Å²) in [6.07, 6.45) is -0.277. The molecule has 426 valence electrons. The van der Waals surface area contributed by atoms with Gasteiger partial charge in [0, 0.05) is 75.4 Å². The molecule has 0 aliphatic carbocycles. The number of carbonyl (C=O) groups is 11. The second-order valence-corrected chi connectivity index (χ2v) is 19.8. The van der Waals surface area contributed by atoms with E-state index >= 15 is 4.39 Å². The van der Waals surface area contributed by atoms with Gasteiger partial charge < -0.3 is 67.4 Å². The van der Waals surface area contributed by atoms with Crippen molar-refractivity contribution in [2.24, 2.45) is 11.1 Å². The molecule has 9 amide bonds. The van der Waals surface area contributed by atoms with E-state index in [1.54, 1.807) is 49.7 Å². The van der Waals surface area contributed by atoms with E-state index in [1.807, 2.05) is 18.2 Å². The zero-order valence-corrected chi connectivity index (χ0v) is 44.8. The van der Waals surface area contributed by atoms with Crippen LogP contribution in [0, 0.1) is 17.0 Å². The van der Waals surface area contributed by atoms with Crippen molar-refractivity contribution in [2.45, 2.75) is 136 Å². The van der Waals surface area contributed by atoms with Gasteiger partial charge in [0.1, 0.15) is 54.2 Å². The topological polar surface area (TPSA) is 347 Å². The van der Waals surface area contributed by atoms with Crippen LogP contribution in [0.3, 0.4) is 0 Å². The van der Waals surface area contributed by atoms with Gasteiger partial charge in [-0.15, -0.1) is 0 Å². The highest BCUT2D eigenvalue weighted by molar-refractivity contribution is 5.97. The highest BCUT2D eigenvalue weighted by Crippen LogP contribution is 2.41. The number of nitrogens with two attached hydrogens (primary N) is 1. The molecule has 78 heavy (non-hydrogen) atoms. The lowest BCUT2D eigenvalue weighted by atomic mass is 9.82. The summed E-state index contributed by atoms with van der Waals surface area (Å²) in [5.74, 6) is -10.5. The predicted octanol–water partition coefficient (Wildman–Crippen LogP) is 0.995. The van der Waals surface area contributed by atoms with E-state index in [1.165, 1.54) is 32.6 Å². The number of aromatic nitrogens is 1. The van der Waals surface area contributed by atoms with Crippen LogP contribution >= 0.6 is 0 Å². The Kier molecular flexibility index (Phi) is 25.2. The molecule has 1 heterocycles. The van der Waals surface area contributed by atoms with Crippen LogP contribution in [-0.2, 0) is 59.3 Å². The summed E-state index contributed by atoms with van der Waals surface area (Å²) in [6, 6.07) is 5.50. The molecule has 0 spiro atoms. The summed E-state index contributed by atoms with van der Waals surface area (Å²) in [4.78, 5) is 142. The zero-order valence-electron chi connectivity index (χ0n) is 44.8. The SMILES string of the molecule is CC(=O)CCCC(=O)N[C@H](CCC(=O)O)C(=O)NCCNC(=O)[C@H](CCN(C(=O)CO)[C@@H](c1cc(-c2cc(F)ccc2F)cn1Cc1ccccc1)C(C)(C)C)NC(=O)[C@H](CC(N)=O)NC(=O)[C@@H](C)NC(=O)[C@H](C)NC(C)=O. The first-order valence-electron chi connectivity index (χ1n) is 25.2. The van der Waals surface area contributed by atoms with Gasteiger partial charge in [-0.3, -0.25) is 47.9 Å². The van der Waals surface area contributed by atoms with Gasteiger partial charge in [-0.1, -0.05) is 51.1 Å². The van der Waals surface area contributed by atoms with Gasteiger partial charge >= 0.3 is 5.97 Å². The Morgan fingerprint density at radius 2 is 1.29 bits per heavy atom. The normalized spacial score (nSPS) is 13.5. The van der Waals surface area contributed by atoms with Crippen molar-refractivity contribution in [3.05, 3.63) is 83.7 Å². The third-order valence-electron chi connectivity index (χ3n) is 12.1. The van der Waals surface area contributed by atoms with Crippen molar-refractivity contribution in [1.29, 1.82) is 0 Å². The van der Waals surface area contributed by atoms with Crippen LogP contribution in [0.15, 0.2) is 60.8 Å². The number of Topliss-reactive ketones (excluding diaryl/α,β-unsaturated/α-hetero) is 1. The van der Waals surface area contributed by atoms with Gasteiger partial charge in [-0.05, 0) is 75.3 Å². The number of benzene rings is 2. The van der Waals surface area contributed by atoms with Gasteiger partial charge in [-0.25, -0.2) is 8.78 Å². The third-order valence-corrected chi connectivity index (χ3v) is 12.1. The summed E-state index contributed by atoms with van der Waals surface area (Å²) in [7, 11) is 0. The summed E-state index contributed by atoms with van der Waals surface area (Å²) in [5, 5.41) is 36.9. The number of nitrogens with one attached hydrogen (secondary N) is 7.